The van der Waals surface area contributed by atoms with Crippen LogP contribution in [0, 0.1) is 5.92 Å². The zero-order chi connectivity index (χ0) is 13.8. The van der Waals surface area contributed by atoms with E-state index in [9.17, 15) is 0 Å². The lowest BCUT2D eigenvalue weighted by Gasteiger charge is -2.33. The van der Waals surface area contributed by atoms with E-state index in [2.05, 4.69) is 45.2 Å². The number of benzene rings is 1. The van der Waals surface area contributed by atoms with Crippen molar-refractivity contribution in [2.24, 2.45) is 5.92 Å². The summed E-state index contributed by atoms with van der Waals surface area (Å²) in [4.78, 5) is 10.7. The van der Waals surface area contributed by atoms with Crippen LogP contribution in [-0.2, 0) is 6.42 Å². The first kappa shape index (κ1) is 12.9. The zero-order valence-electron chi connectivity index (χ0n) is 11.6. The summed E-state index contributed by atoms with van der Waals surface area (Å²) >= 11 is 0. The minimum atomic E-state index is 0.536. The van der Waals surface area contributed by atoms with Gasteiger partial charge < -0.3 is 10.6 Å². The van der Waals surface area contributed by atoms with Crippen LogP contribution in [-0.4, -0.2) is 23.1 Å². The molecule has 3 rings (SSSR count). The fourth-order valence-corrected chi connectivity index (χ4v) is 2.88. The molecule has 0 atom stereocenters. The van der Waals surface area contributed by atoms with Gasteiger partial charge in [0.2, 0.25) is 0 Å². The van der Waals surface area contributed by atoms with Crippen molar-refractivity contribution in [2.45, 2.75) is 19.3 Å². The summed E-state index contributed by atoms with van der Waals surface area (Å²) in [5.41, 5.74) is 7.33. The van der Waals surface area contributed by atoms with Crippen molar-refractivity contribution in [3.8, 4) is 0 Å². The van der Waals surface area contributed by atoms with Gasteiger partial charge in [-0.2, -0.15) is 0 Å². The summed E-state index contributed by atoms with van der Waals surface area (Å²) < 4.78 is 0. The van der Waals surface area contributed by atoms with Gasteiger partial charge in [0.25, 0.3) is 0 Å². The molecule has 4 nitrogen and oxygen atoms in total. The third-order valence-corrected chi connectivity index (χ3v) is 3.99. The predicted molar refractivity (Wildman–Crippen MR) is 81.5 cm³/mol. The second-order valence-electron chi connectivity index (χ2n) is 5.39. The molecule has 1 aromatic heterocycles. The number of anilines is 2. The minimum absolute atomic E-state index is 0.536. The van der Waals surface area contributed by atoms with Crippen molar-refractivity contribution in [1.82, 2.24) is 9.97 Å². The maximum absolute atomic E-state index is 5.89. The first-order valence-corrected chi connectivity index (χ1v) is 7.18. The van der Waals surface area contributed by atoms with Crippen molar-refractivity contribution >= 4 is 11.6 Å². The Morgan fingerprint density at radius 3 is 2.45 bits per heavy atom. The van der Waals surface area contributed by atoms with Gasteiger partial charge in [-0.05, 0) is 30.7 Å². The van der Waals surface area contributed by atoms with E-state index < -0.39 is 0 Å². The van der Waals surface area contributed by atoms with Crippen LogP contribution in [0.5, 0.6) is 0 Å². The number of nitrogens with two attached hydrogens (primary N) is 1. The molecule has 0 amide bonds. The lowest BCUT2D eigenvalue weighted by Crippen LogP contribution is -2.35. The fraction of sp³-hybridized carbons (Fsp3) is 0.375. The van der Waals surface area contributed by atoms with E-state index in [-0.39, 0.29) is 0 Å². The Morgan fingerprint density at radius 2 is 1.75 bits per heavy atom. The maximum Gasteiger partial charge on any atom is 0.171 e. The topological polar surface area (TPSA) is 55.0 Å². The molecule has 104 valence electrons. The molecule has 2 heterocycles. The van der Waals surface area contributed by atoms with Crippen molar-refractivity contribution in [3.05, 3.63) is 48.3 Å². The molecular weight excluding hydrogens is 248 g/mol. The molecule has 0 aliphatic carbocycles. The van der Waals surface area contributed by atoms with Crippen LogP contribution in [0.3, 0.4) is 0 Å². The average molecular weight is 268 g/mol. The minimum Gasteiger partial charge on any atom is -0.381 e. The Labute approximate surface area is 119 Å². The molecule has 1 saturated heterocycles. The van der Waals surface area contributed by atoms with Gasteiger partial charge >= 0.3 is 0 Å². The number of aromatic nitrogens is 2. The maximum atomic E-state index is 5.89. The highest BCUT2D eigenvalue weighted by Gasteiger charge is 2.21. The molecule has 1 aromatic carbocycles. The summed E-state index contributed by atoms with van der Waals surface area (Å²) in [6, 6.07) is 10.7. The van der Waals surface area contributed by atoms with E-state index in [0.29, 0.717) is 5.82 Å². The summed E-state index contributed by atoms with van der Waals surface area (Å²) in [6.45, 7) is 2.03. The van der Waals surface area contributed by atoms with Gasteiger partial charge in [-0.25, -0.2) is 9.97 Å². The number of rotatable bonds is 3. The van der Waals surface area contributed by atoms with Crippen LogP contribution in [0.25, 0.3) is 0 Å². The molecular formula is C16H20N4. The monoisotopic (exact) mass is 268 g/mol. The highest BCUT2D eigenvalue weighted by atomic mass is 15.2. The molecule has 0 spiro atoms. The van der Waals surface area contributed by atoms with E-state index in [0.717, 1.165) is 24.8 Å². The number of nitrogens with zero attached hydrogens (tertiary/aromatic N) is 3. The molecule has 1 aliphatic rings. The third kappa shape index (κ3) is 2.90. The average Bonchev–Trinajstić information content (AvgIpc) is 2.50. The first-order chi connectivity index (χ1) is 9.83. The summed E-state index contributed by atoms with van der Waals surface area (Å²) in [6.07, 6.45) is 6.89. The van der Waals surface area contributed by atoms with Crippen LogP contribution in [0.4, 0.5) is 11.6 Å². The normalized spacial score (nSPS) is 16.3. The van der Waals surface area contributed by atoms with Crippen LogP contribution in [0.15, 0.2) is 42.7 Å². The Kier molecular flexibility index (Phi) is 3.81. The van der Waals surface area contributed by atoms with Crippen LogP contribution >= 0.6 is 0 Å². The smallest absolute Gasteiger partial charge is 0.171 e. The Morgan fingerprint density at radius 1 is 1.05 bits per heavy atom. The Hall–Kier alpha value is -2.10. The second-order valence-corrected chi connectivity index (χ2v) is 5.39. The van der Waals surface area contributed by atoms with Gasteiger partial charge in [-0.1, -0.05) is 30.3 Å². The highest BCUT2D eigenvalue weighted by molar-refractivity contribution is 5.57. The van der Waals surface area contributed by atoms with E-state index in [1.165, 1.54) is 24.8 Å². The SMILES string of the molecule is Nc1nccnc1N1CCC(Cc2ccccc2)CC1. The standard InChI is InChI=1S/C16H20N4/c17-15-16(19-9-8-18-15)20-10-6-14(7-11-20)12-13-4-2-1-3-5-13/h1-5,8-9,14H,6-7,10-12H2,(H2,17,18). The summed E-state index contributed by atoms with van der Waals surface area (Å²) in [5, 5.41) is 0. The van der Waals surface area contributed by atoms with E-state index in [1.807, 2.05) is 0 Å². The molecule has 0 radical (unpaired) electrons. The fourth-order valence-electron chi connectivity index (χ4n) is 2.88. The van der Waals surface area contributed by atoms with E-state index >= 15 is 0 Å². The quantitative estimate of drug-likeness (QED) is 0.929. The van der Waals surface area contributed by atoms with Crippen molar-refractivity contribution in [3.63, 3.8) is 0 Å². The molecule has 1 fully saturated rings. The largest absolute Gasteiger partial charge is 0.381 e. The van der Waals surface area contributed by atoms with Crippen LogP contribution < -0.4 is 10.6 Å². The van der Waals surface area contributed by atoms with Gasteiger partial charge in [0.05, 0.1) is 0 Å². The van der Waals surface area contributed by atoms with Gasteiger partial charge in [-0.3, -0.25) is 0 Å². The lowest BCUT2D eigenvalue weighted by atomic mass is 9.90. The van der Waals surface area contributed by atoms with Crippen LogP contribution in [0.1, 0.15) is 18.4 Å². The van der Waals surface area contributed by atoms with E-state index in [1.54, 1.807) is 12.4 Å². The molecule has 1 aliphatic heterocycles. The zero-order valence-corrected chi connectivity index (χ0v) is 11.6. The van der Waals surface area contributed by atoms with Crippen molar-refractivity contribution in [2.75, 3.05) is 23.7 Å². The molecule has 2 aromatic rings. The van der Waals surface area contributed by atoms with E-state index in [4.69, 9.17) is 5.73 Å². The third-order valence-electron chi connectivity index (χ3n) is 3.99. The molecule has 0 unspecified atom stereocenters. The predicted octanol–water partition coefficient (Wildman–Crippen LogP) is 2.52. The number of nitrogen functional groups attached to an aromatic ring is 1. The lowest BCUT2D eigenvalue weighted by molar-refractivity contribution is 0.402. The van der Waals surface area contributed by atoms with Crippen LogP contribution in [0.2, 0.25) is 0 Å². The molecule has 0 saturated carbocycles. The molecule has 4 heteroatoms. The van der Waals surface area contributed by atoms with Crippen molar-refractivity contribution < 1.29 is 0 Å². The second kappa shape index (κ2) is 5.90. The highest BCUT2D eigenvalue weighted by Crippen LogP contribution is 2.26. The van der Waals surface area contributed by atoms with Gasteiger partial charge in [0, 0.05) is 25.5 Å². The Bertz CT molecular complexity index is 547. The molecule has 0 bridgehead atoms. The first-order valence-electron chi connectivity index (χ1n) is 7.18. The summed E-state index contributed by atoms with van der Waals surface area (Å²) in [5.74, 6) is 2.13. The number of hydrogen-bond donors (Lipinski definition) is 1. The Balaban J connectivity index is 1.59. The van der Waals surface area contributed by atoms with Gasteiger partial charge in [0.15, 0.2) is 11.6 Å². The molecule has 20 heavy (non-hydrogen) atoms. The molecule has 2 N–H and O–H groups in total. The van der Waals surface area contributed by atoms with Crippen molar-refractivity contribution in [1.29, 1.82) is 0 Å². The number of piperidine rings is 1. The van der Waals surface area contributed by atoms with Gasteiger partial charge in [-0.15, -0.1) is 0 Å². The number of hydrogen-bond acceptors (Lipinski definition) is 4. The van der Waals surface area contributed by atoms with Gasteiger partial charge in [0.1, 0.15) is 0 Å². The summed E-state index contributed by atoms with van der Waals surface area (Å²) in [7, 11) is 0.